The highest BCUT2D eigenvalue weighted by Crippen LogP contribution is 2.40. The van der Waals surface area contributed by atoms with Crippen molar-refractivity contribution in [2.24, 2.45) is 0 Å². The van der Waals surface area contributed by atoms with E-state index in [2.05, 4.69) is 59.9 Å². The number of hydrogen-bond acceptors (Lipinski definition) is 2. The van der Waals surface area contributed by atoms with Crippen molar-refractivity contribution in [1.29, 1.82) is 0 Å². The lowest BCUT2D eigenvalue weighted by atomic mass is 9.77. The highest BCUT2D eigenvalue weighted by Gasteiger charge is 2.30. The van der Waals surface area contributed by atoms with E-state index in [-0.39, 0.29) is 18.0 Å². The van der Waals surface area contributed by atoms with E-state index in [0.717, 1.165) is 37.9 Å². The van der Waals surface area contributed by atoms with Crippen molar-refractivity contribution in [3.63, 3.8) is 0 Å². The second-order valence-corrected chi connectivity index (χ2v) is 8.10. The molecule has 0 aromatic heterocycles. The Morgan fingerprint density at radius 1 is 1.17 bits per heavy atom. The third kappa shape index (κ3) is 4.70. The number of carbonyl (C=O) groups excluding carboxylic acids is 1. The summed E-state index contributed by atoms with van der Waals surface area (Å²) < 4.78 is 5.52. The van der Waals surface area contributed by atoms with E-state index < -0.39 is 0 Å². The van der Waals surface area contributed by atoms with Gasteiger partial charge in [-0.15, -0.1) is 0 Å². The van der Waals surface area contributed by atoms with Gasteiger partial charge in [-0.2, -0.15) is 0 Å². The van der Waals surface area contributed by atoms with E-state index in [4.69, 9.17) is 4.74 Å². The molecule has 4 rings (SSSR count). The normalized spacial score (nSPS) is 19.6. The minimum Gasteiger partial charge on any atom is -0.377 e. The van der Waals surface area contributed by atoms with Crippen LogP contribution in [-0.2, 0) is 11.2 Å². The van der Waals surface area contributed by atoms with Crippen molar-refractivity contribution < 1.29 is 9.53 Å². The zero-order chi connectivity index (χ0) is 20.1. The minimum atomic E-state index is -0.0378. The summed E-state index contributed by atoms with van der Waals surface area (Å²) in [4.78, 5) is 14.9. The van der Waals surface area contributed by atoms with E-state index in [1.807, 2.05) is 13.1 Å². The number of urea groups is 1. The van der Waals surface area contributed by atoms with Crippen LogP contribution in [0.15, 0.2) is 66.2 Å². The van der Waals surface area contributed by atoms with Crippen molar-refractivity contribution in [1.82, 2.24) is 10.2 Å². The second-order valence-electron chi connectivity index (χ2n) is 8.10. The SMILES string of the molecule is CN(CC1=CCCOC1)C(=O)NC(c1ccccc1)C1CCCc2ccccc21. The number of nitrogens with zero attached hydrogens (tertiary/aromatic N) is 1. The molecule has 1 N–H and O–H groups in total. The van der Waals surface area contributed by atoms with Gasteiger partial charge in [0.2, 0.25) is 0 Å². The Balaban J connectivity index is 1.56. The van der Waals surface area contributed by atoms with Crippen molar-refractivity contribution in [3.05, 3.63) is 82.9 Å². The van der Waals surface area contributed by atoms with Gasteiger partial charge < -0.3 is 15.0 Å². The van der Waals surface area contributed by atoms with Crippen molar-refractivity contribution >= 4 is 6.03 Å². The predicted molar refractivity (Wildman–Crippen MR) is 116 cm³/mol. The van der Waals surface area contributed by atoms with Gasteiger partial charge in [0.15, 0.2) is 0 Å². The number of ether oxygens (including phenoxy) is 1. The smallest absolute Gasteiger partial charge is 0.317 e. The van der Waals surface area contributed by atoms with E-state index >= 15 is 0 Å². The summed E-state index contributed by atoms with van der Waals surface area (Å²) in [6.07, 6.45) is 6.48. The number of hydrogen-bond donors (Lipinski definition) is 1. The van der Waals surface area contributed by atoms with Crippen LogP contribution in [0.4, 0.5) is 4.79 Å². The highest BCUT2D eigenvalue weighted by molar-refractivity contribution is 5.75. The number of likely N-dealkylation sites (N-methyl/N-ethyl adjacent to an activating group) is 1. The van der Waals surface area contributed by atoms with Crippen LogP contribution in [-0.4, -0.2) is 37.7 Å². The van der Waals surface area contributed by atoms with Crippen LogP contribution >= 0.6 is 0 Å². The monoisotopic (exact) mass is 390 g/mol. The third-order valence-electron chi connectivity index (χ3n) is 6.03. The fraction of sp³-hybridized carbons (Fsp3) is 0.400. The maximum absolute atomic E-state index is 13.1. The Morgan fingerprint density at radius 3 is 2.76 bits per heavy atom. The van der Waals surface area contributed by atoms with Crippen LogP contribution in [0.3, 0.4) is 0 Å². The molecule has 0 saturated heterocycles. The first-order valence-corrected chi connectivity index (χ1v) is 10.6. The summed E-state index contributed by atoms with van der Waals surface area (Å²) in [5.41, 5.74) is 5.13. The molecule has 2 atom stereocenters. The standard InChI is InChI=1S/C25H30N2O2/c1-27(17-19-9-8-16-29-18-19)25(28)26-24(21-11-3-2-4-12-21)23-15-7-13-20-10-5-6-14-22(20)23/h2-6,9-12,14,23-24H,7-8,13,15-18H2,1H3,(H,26,28). The van der Waals surface area contributed by atoms with Crippen LogP contribution < -0.4 is 5.32 Å². The molecule has 0 radical (unpaired) electrons. The second kappa shape index (κ2) is 9.27. The van der Waals surface area contributed by atoms with Gasteiger partial charge in [-0.1, -0.05) is 60.7 Å². The lowest BCUT2D eigenvalue weighted by Crippen LogP contribution is -2.42. The van der Waals surface area contributed by atoms with E-state index in [9.17, 15) is 4.79 Å². The molecule has 2 aromatic carbocycles. The molecule has 1 aliphatic carbocycles. The topological polar surface area (TPSA) is 41.6 Å². The van der Waals surface area contributed by atoms with Crippen LogP contribution in [0.5, 0.6) is 0 Å². The van der Waals surface area contributed by atoms with Gasteiger partial charge >= 0.3 is 6.03 Å². The Kier molecular flexibility index (Phi) is 6.30. The lowest BCUT2D eigenvalue weighted by molar-refractivity contribution is 0.144. The first-order chi connectivity index (χ1) is 14.2. The van der Waals surface area contributed by atoms with Gasteiger partial charge in [0.05, 0.1) is 19.3 Å². The number of fused-ring (bicyclic) bond motifs is 1. The van der Waals surface area contributed by atoms with Crippen molar-refractivity contribution in [3.8, 4) is 0 Å². The molecule has 0 fully saturated rings. The van der Waals surface area contributed by atoms with Crippen LogP contribution in [0.25, 0.3) is 0 Å². The summed E-state index contributed by atoms with van der Waals surface area (Å²) in [6, 6.07) is 19.0. The molecule has 4 heteroatoms. The zero-order valence-corrected chi connectivity index (χ0v) is 17.1. The van der Waals surface area contributed by atoms with Gasteiger partial charge in [0.1, 0.15) is 0 Å². The van der Waals surface area contributed by atoms with Gasteiger partial charge in [0, 0.05) is 19.5 Å². The number of nitrogens with one attached hydrogen (secondary N) is 1. The number of carbonyl (C=O) groups is 1. The van der Waals surface area contributed by atoms with Crippen LogP contribution in [0.1, 0.15) is 47.9 Å². The quantitative estimate of drug-likeness (QED) is 0.743. The summed E-state index contributed by atoms with van der Waals surface area (Å²) in [6.45, 7) is 2.00. The maximum atomic E-state index is 13.1. The molecule has 2 aromatic rings. The fourth-order valence-electron chi connectivity index (χ4n) is 4.55. The Labute approximate surface area is 173 Å². The zero-order valence-electron chi connectivity index (χ0n) is 17.1. The Hall–Kier alpha value is -2.59. The largest absolute Gasteiger partial charge is 0.377 e. The average Bonchev–Trinajstić information content (AvgIpc) is 2.78. The van der Waals surface area contributed by atoms with Gasteiger partial charge in [-0.05, 0) is 47.9 Å². The summed E-state index contributed by atoms with van der Waals surface area (Å²) >= 11 is 0. The van der Waals surface area contributed by atoms with Gasteiger partial charge in [0.25, 0.3) is 0 Å². The minimum absolute atomic E-state index is 0.0339. The van der Waals surface area contributed by atoms with E-state index in [1.165, 1.54) is 16.7 Å². The summed E-state index contributed by atoms with van der Waals surface area (Å²) in [5, 5.41) is 3.35. The fourth-order valence-corrected chi connectivity index (χ4v) is 4.55. The predicted octanol–water partition coefficient (Wildman–Crippen LogP) is 4.84. The molecule has 2 unspecified atom stereocenters. The molecule has 1 aliphatic heterocycles. The number of rotatable bonds is 5. The summed E-state index contributed by atoms with van der Waals surface area (Å²) in [7, 11) is 1.86. The van der Waals surface area contributed by atoms with Crippen LogP contribution in [0.2, 0.25) is 0 Å². The molecule has 2 amide bonds. The van der Waals surface area contributed by atoms with Gasteiger partial charge in [-0.3, -0.25) is 0 Å². The molecule has 29 heavy (non-hydrogen) atoms. The van der Waals surface area contributed by atoms with E-state index in [0.29, 0.717) is 13.2 Å². The van der Waals surface area contributed by atoms with Crippen LogP contribution in [0, 0.1) is 0 Å². The third-order valence-corrected chi connectivity index (χ3v) is 6.03. The molecular weight excluding hydrogens is 360 g/mol. The molecule has 2 aliphatic rings. The summed E-state index contributed by atoms with van der Waals surface area (Å²) in [5.74, 6) is 0.289. The molecule has 4 nitrogen and oxygen atoms in total. The first kappa shape index (κ1) is 19.7. The van der Waals surface area contributed by atoms with E-state index in [1.54, 1.807) is 4.90 Å². The lowest BCUT2D eigenvalue weighted by Gasteiger charge is -2.34. The first-order valence-electron chi connectivity index (χ1n) is 10.6. The molecule has 0 spiro atoms. The Morgan fingerprint density at radius 2 is 1.97 bits per heavy atom. The maximum Gasteiger partial charge on any atom is 0.317 e. The van der Waals surface area contributed by atoms with Crippen molar-refractivity contribution in [2.75, 3.05) is 26.8 Å². The Bertz CT molecular complexity index is 862. The number of amides is 2. The van der Waals surface area contributed by atoms with Crippen molar-refractivity contribution in [2.45, 2.75) is 37.6 Å². The molecule has 0 bridgehead atoms. The van der Waals surface area contributed by atoms with Gasteiger partial charge in [-0.25, -0.2) is 4.79 Å². The highest BCUT2D eigenvalue weighted by atomic mass is 16.5. The molecule has 0 saturated carbocycles. The molecule has 1 heterocycles. The number of aryl methyl sites for hydroxylation is 1. The molecule has 152 valence electrons. The number of benzene rings is 2. The average molecular weight is 391 g/mol. The molecular formula is C25H30N2O2.